The van der Waals surface area contributed by atoms with Gasteiger partial charge in [-0.1, -0.05) is 0 Å². The second-order valence-electron chi connectivity index (χ2n) is 4.44. The zero-order chi connectivity index (χ0) is 11.4. The number of carbonyl (C=O) groups excluding carboxylic acids is 1. The average molecular weight is 227 g/mol. The molecular weight excluding hydrogens is 206 g/mol. The molecule has 2 amide bonds. The SMILES string of the molecule is COCCN(C(=O)N1CCNCC1)C1CC1. The summed E-state index contributed by atoms with van der Waals surface area (Å²) in [5.41, 5.74) is 0. The number of ether oxygens (including phenoxy) is 1. The summed E-state index contributed by atoms with van der Waals surface area (Å²) in [6, 6.07) is 0.665. The van der Waals surface area contributed by atoms with Crippen molar-refractivity contribution in [3.8, 4) is 0 Å². The number of rotatable bonds is 4. The van der Waals surface area contributed by atoms with Gasteiger partial charge in [0.1, 0.15) is 0 Å². The van der Waals surface area contributed by atoms with Crippen molar-refractivity contribution in [2.75, 3.05) is 46.4 Å². The van der Waals surface area contributed by atoms with Crippen LogP contribution in [0.5, 0.6) is 0 Å². The van der Waals surface area contributed by atoms with Crippen molar-refractivity contribution in [3.63, 3.8) is 0 Å². The van der Waals surface area contributed by atoms with Crippen molar-refractivity contribution in [3.05, 3.63) is 0 Å². The third-order valence-electron chi connectivity index (χ3n) is 3.16. The van der Waals surface area contributed by atoms with Gasteiger partial charge in [-0.15, -0.1) is 0 Å². The smallest absolute Gasteiger partial charge is 0.320 e. The maximum Gasteiger partial charge on any atom is 0.320 e. The van der Waals surface area contributed by atoms with E-state index in [2.05, 4.69) is 5.32 Å². The predicted octanol–water partition coefficient (Wildman–Crippen LogP) is 0.122. The maximum absolute atomic E-state index is 12.3. The second-order valence-corrected chi connectivity index (χ2v) is 4.44. The van der Waals surface area contributed by atoms with Gasteiger partial charge in [0.25, 0.3) is 0 Å². The van der Waals surface area contributed by atoms with Crippen LogP contribution in [0.1, 0.15) is 12.8 Å². The number of piperazine rings is 1. The average Bonchev–Trinajstić information content (AvgIpc) is 3.15. The van der Waals surface area contributed by atoms with Crippen molar-refractivity contribution in [2.24, 2.45) is 0 Å². The summed E-state index contributed by atoms with van der Waals surface area (Å²) in [7, 11) is 1.68. The number of methoxy groups -OCH3 is 1. The van der Waals surface area contributed by atoms with Gasteiger partial charge in [0.15, 0.2) is 0 Å². The van der Waals surface area contributed by atoms with Crippen LogP contribution in [0, 0.1) is 0 Å². The molecule has 1 aliphatic heterocycles. The molecular formula is C11H21N3O2. The van der Waals surface area contributed by atoms with Crippen LogP contribution >= 0.6 is 0 Å². The first-order chi connectivity index (χ1) is 7.83. The highest BCUT2D eigenvalue weighted by Gasteiger charge is 2.34. The monoisotopic (exact) mass is 227 g/mol. The standard InChI is InChI=1S/C11H21N3O2/c1-16-9-8-14(10-2-3-10)11(15)13-6-4-12-5-7-13/h10,12H,2-9H2,1H3. The zero-order valence-electron chi connectivity index (χ0n) is 9.95. The minimum absolute atomic E-state index is 0.195. The molecule has 0 atom stereocenters. The van der Waals surface area contributed by atoms with E-state index < -0.39 is 0 Å². The van der Waals surface area contributed by atoms with Crippen molar-refractivity contribution >= 4 is 6.03 Å². The van der Waals surface area contributed by atoms with Crippen LogP contribution in [0.25, 0.3) is 0 Å². The van der Waals surface area contributed by atoms with Gasteiger partial charge in [0.2, 0.25) is 0 Å². The highest BCUT2D eigenvalue weighted by molar-refractivity contribution is 5.75. The fraction of sp³-hybridized carbons (Fsp3) is 0.909. The lowest BCUT2D eigenvalue weighted by Crippen LogP contribution is -2.52. The van der Waals surface area contributed by atoms with Gasteiger partial charge < -0.3 is 19.9 Å². The van der Waals surface area contributed by atoms with E-state index in [1.807, 2.05) is 9.80 Å². The van der Waals surface area contributed by atoms with Gasteiger partial charge in [-0.3, -0.25) is 0 Å². The van der Waals surface area contributed by atoms with Crippen molar-refractivity contribution < 1.29 is 9.53 Å². The molecule has 0 radical (unpaired) electrons. The molecule has 1 heterocycles. The summed E-state index contributed by atoms with van der Waals surface area (Å²) in [4.78, 5) is 16.2. The quantitative estimate of drug-likeness (QED) is 0.742. The molecule has 0 bridgehead atoms. The molecule has 1 saturated carbocycles. The van der Waals surface area contributed by atoms with Gasteiger partial charge >= 0.3 is 6.03 Å². The zero-order valence-corrected chi connectivity index (χ0v) is 9.95. The van der Waals surface area contributed by atoms with Gasteiger partial charge in [-0.05, 0) is 12.8 Å². The lowest BCUT2D eigenvalue weighted by molar-refractivity contribution is 0.118. The Bertz CT molecular complexity index is 237. The fourth-order valence-corrected chi connectivity index (χ4v) is 2.05. The molecule has 2 fully saturated rings. The summed E-state index contributed by atoms with van der Waals surface area (Å²) in [6.07, 6.45) is 2.31. The first-order valence-electron chi connectivity index (χ1n) is 6.08. The minimum Gasteiger partial charge on any atom is -0.383 e. The molecule has 0 spiro atoms. The number of amides is 2. The third-order valence-corrected chi connectivity index (χ3v) is 3.16. The summed E-state index contributed by atoms with van der Waals surface area (Å²) in [5.74, 6) is 0. The van der Waals surface area contributed by atoms with E-state index in [-0.39, 0.29) is 6.03 Å². The summed E-state index contributed by atoms with van der Waals surface area (Å²) in [6.45, 7) is 4.84. The fourth-order valence-electron chi connectivity index (χ4n) is 2.05. The number of nitrogens with zero attached hydrogens (tertiary/aromatic N) is 2. The Morgan fingerprint density at radius 2 is 2.12 bits per heavy atom. The van der Waals surface area contributed by atoms with Crippen molar-refractivity contribution in [2.45, 2.75) is 18.9 Å². The van der Waals surface area contributed by atoms with Gasteiger partial charge in [-0.25, -0.2) is 4.79 Å². The number of urea groups is 1. The first kappa shape index (κ1) is 11.7. The maximum atomic E-state index is 12.3. The number of nitrogens with one attached hydrogen (secondary N) is 1. The summed E-state index contributed by atoms with van der Waals surface area (Å²) < 4.78 is 5.06. The van der Waals surface area contributed by atoms with Crippen LogP contribution in [0.3, 0.4) is 0 Å². The third kappa shape index (κ3) is 2.86. The molecule has 2 rings (SSSR count). The molecule has 0 aromatic rings. The van der Waals surface area contributed by atoms with Crippen LogP contribution in [-0.4, -0.2) is 68.3 Å². The largest absolute Gasteiger partial charge is 0.383 e. The van der Waals surface area contributed by atoms with E-state index in [1.54, 1.807) is 7.11 Å². The van der Waals surface area contributed by atoms with Crippen LogP contribution in [0.15, 0.2) is 0 Å². The summed E-state index contributed by atoms with van der Waals surface area (Å²) >= 11 is 0. The van der Waals surface area contributed by atoms with E-state index in [1.165, 1.54) is 0 Å². The Morgan fingerprint density at radius 1 is 1.44 bits per heavy atom. The highest BCUT2D eigenvalue weighted by atomic mass is 16.5. The number of hydrogen-bond acceptors (Lipinski definition) is 3. The molecule has 0 unspecified atom stereocenters. The molecule has 2 aliphatic rings. The van der Waals surface area contributed by atoms with Crippen LogP contribution < -0.4 is 5.32 Å². The molecule has 1 saturated heterocycles. The van der Waals surface area contributed by atoms with Crippen LogP contribution in [0.4, 0.5) is 4.79 Å². The normalized spacial score (nSPS) is 20.9. The van der Waals surface area contributed by atoms with Crippen molar-refractivity contribution in [1.82, 2.24) is 15.1 Å². The molecule has 0 aromatic carbocycles. The van der Waals surface area contributed by atoms with Gasteiger partial charge in [-0.2, -0.15) is 0 Å². The first-order valence-corrected chi connectivity index (χ1v) is 6.08. The molecule has 92 valence electrons. The molecule has 5 nitrogen and oxygen atoms in total. The molecule has 1 N–H and O–H groups in total. The Balaban J connectivity index is 1.87. The van der Waals surface area contributed by atoms with E-state index in [0.29, 0.717) is 12.6 Å². The summed E-state index contributed by atoms with van der Waals surface area (Å²) in [5, 5.41) is 3.26. The Morgan fingerprint density at radius 3 is 2.69 bits per heavy atom. The van der Waals surface area contributed by atoms with Gasteiger partial charge in [0.05, 0.1) is 6.61 Å². The molecule has 1 aliphatic carbocycles. The van der Waals surface area contributed by atoms with Crippen molar-refractivity contribution in [1.29, 1.82) is 0 Å². The van der Waals surface area contributed by atoms with E-state index in [4.69, 9.17) is 4.74 Å². The topological polar surface area (TPSA) is 44.8 Å². The molecule has 5 heteroatoms. The van der Waals surface area contributed by atoms with E-state index in [9.17, 15) is 4.79 Å². The van der Waals surface area contributed by atoms with E-state index >= 15 is 0 Å². The Hall–Kier alpha value is -0.810. The van der Waals surface area contributed by atoms with Crippen LogP contribution in [-0.2, 0) is 4.74 Å². The molecule has 16 heavy (non-hydrogen) atoms. The number of carbonyl (C=O) groups is 1. The minimum atomic E-state index is 0.195. The Kier molecular flexibility index (Phi) is 4.01. The second kappa shape index (κ2) is 5.50. The lowest BCUT2D eigenvalue weighted by Gasteiger charge is -2.33. The highest BCUT2D eigenvalue weighted by Crippen LogP contribution is 2.27. The lowest BCUT2D eigenvalue weighted by atomic mass is 10.3. The van der Waals surface area contributed by atoms with Crippen LogP contribution in [0.2, 0.25) is 0 Å². The molecule has 0 aromatic heterocycles. The number of hydrogen-bond donors (Lipinski definition) is 1. The van der Waals surface area contributed by atoms with Gasteiger partial charge in [0, 0.05) is 45.9 Å². The van der Waals surface area contributed by atoms with E-state index in [0.717, 1.165) is 45.6 Å². The predicted molar refractivity (Wildman–Crippen MR) is 61.4 cm³/mol. The Labute approximate surface area is 96.7 Å².